The van der Waals surface area contributed by atoms with E-state index in [4.69, 9.17) is 5.73 Å². The number of guanidine groups is 1. The maximum Gasteiger partial charge on any atom is 0.471 e. The molecule has 0 saturated carbocycles. The van der Waals surface area contributed by atoms with Crippen LogP contribution in [0.15, 0.2) is 10.4 Å². The Bertz CT molecular complexity index is 1600. The van der Waals surface area contributed by atoms with Gasteiger partial charge in [0.2, 0.25) is 29.5 Å². The Labute approximate surface area is 305 Å². The number of nitrogens with two attached hydrogens (primary N) is 1. The van der Waals surface area contributed by atoms with Crippen LogP contribution in [0.2, 0.25) is 0 Å². The summed E-state index contributed by atoms with van der Waals surface area (Å²) in [5, 5.41) is 22.7. The van der Waals surface area contributed by atoms with E-state index in [2.05, 4.69) is 31.2 Å². The molecule has 0 spiro atoms. The molecule has 1 unspecified atom stereocenters. The summed E-state index contributed by atoms with van der Waals surface area (Å²) in [5.74, 6) is -11.7. The molecule has 1 aliphatic heterocycles. The number of fused-ring (bicyclic) bond motifs is 2. The number of carbonyl (C=O) groups is 8. The van der Waals surface area contributed by atoms with Crippen LogP contribution in [0, 0.1) is 0 Å². The number of hydrogen-bond donors (Lipinski definition) is 8. The second kappa shape index (κ2) is 20.0. The SMILES string of the molecule is CN1C(=O)C(CCCCNC(=O)C(F)(F)F)NC(=O)Cc2csc(n2)NC(=O)[C@H](CC(=O)O)NC(=O)CNC(=O)[C@@H]1CCCN=C(N)NC(=O)C(F)(F)F. The molecule has 54 heavy (non-hydrogen) atoms. The molecular formula is C28H36F6N10O9S. The first-order valence-electron chi connectivity index (χ1n) is 15.7. The predicted molar refractivity (Wildman–Crippen MR) is 173 cm³/mol. The molecule has 19 nitrogen and oxygen atoms in total. The van der Waals surface area contributed by atoms with E-state index in [1.165, 1.54) is 10.7 Å². The van der Waals surface area contributed by atoms with Gasteiger partial charge in [-0.2, -0.15) is 26.3 Å². The zero-order chi connectivity index (χ0) is 40.8. The van der Waals surface area contributed by atoms with Crippen LogP contribution in [0.5, 0.6) is 0 Å². The lowest BCUT2D eigenvalue weighted by molar-refractivity contribution is -0.173. The van der Waals surface area contributed by atoms with Crippen molar-refractivity contribution in [3.8, 4) is 0 Å². The first kappa shape index (κ1) is 44.6. The summed E-state index contributed by atoms with van der Waals surface area (Å²) in [4.78, 5) is 108. The highest BCUT2D eigenvalue weighted by molar-refractivity contribution is 7.14. The summed E-state index contributed by atoms with van der Waals surface area (Å²) < 4.78 is 75.2. The van der Waals surface area contributed by atoms with Crippen molar-refractivity contribution in [1.82, 2.24) is 36.5 Å². The number of aromatic nitrogens is 1. The molecule has 9 N–H and O–H groups in total. The third kappa shape index (κ3) is 15.2. The number of alkyl halides is 6. The first-order valence-corrected chi connectivity index (χ1v) is 16.6. The minimum absolute atomic E-state index is 0.0261. The number of halogens is 6. The molecule has 1 aliphatic rings. The number of rotatable bonds is 11. The molecule has 0 fully saturated rings. The third-order valence-corrected chi connectivity index (χ3v) is 8.01. The molecule has 2 rings (SSSR count). The number of anilines is 1. The van der Waals surface area contributed by atoms with E-state index >= 15 is 0 Å². The largest absolute Gasteiger partial charge is 0.481 e. The van der Waals surface area contributed by atoms with Gasteiger partial charge in [-0.15, -0.1) is 11.3 Å². The van der Waals surface area contributed by atoms with Crippen molar-refractivity contribution in [2.75, 3.05) is 32.0 Å². The average Bonchev–Trinajstić information content (AvgIpc) is 3.49. The summed E-state index contributed by atoms with van der Waals surface area (Å²) in [5.41, 5.74) is 5.40. The summed E-state index contributed by atoms with van der Waals surface area (Å²) in [6.07, 6.45) is -12.5. The highest BCUT2D eigenvalue weighted by Crippen LogP contribution is 2.18. The summed E-state index contributed by atoms with van der Waals surface area (Å²) in [6, 6.07) is -4.56. The van der Waals surface area contributed by atoms with Gasteiger partial charge in [-0.3, -0.25) is 48.7 Å². The maximum atomic E-state index is 13.8. The second-order valence-electron chi connectivity index (χ2n) is 11.4. The number of aliphatic imine (C=N–C) groups is 1. The van der Waals surface area contributed by atoms with Gasteiger partial charge in [0.1, 0.15) is 18.1 Å². The second-order valence-corrected chi connectivity index (χ2v) is 12.3. The van der Waals surface area contributed by atoms with Crippen LogP contribution >= 0.6 is 11.3 Å². The molecule has 0 aliphatic carbocycles. The Morgan fingerprint density at radius 1 is 0.963 bits per heavy atom. The number of carboxylic acid groups (broad SMARTS) is 1. The van der Waals surface area contributed by atoms with Gasteiger partial charge in [0.25, 0.3) is 0 Å². The van der Waals surface area contributed by atoms with Gasteiger partial charge in [-0.1, -0.05) is 0 Å². The van der Waals surface area contributed by atoms with Crippen LogP contribution in [0.25, 0.3) is 0 Å². The van der Waals surface area contributed by atoms with Crippen LogP contribution in [0.3, 0.4) is 0 Å². The summed E-state index contributed by atoms with van der Waals surface area (Å²) >= 11 is 0.847. The Balaban J connectivity index is 2.37. The molecule has 7 amide bonds. The van der Waals surface area contributed by atoms with Gasteiger partial charge in [-0.05, 0) is 32.1 Å². The van der Waals surface area contributed by atoms with Crippen LogP contribution in [-0.4, -0.2) is 125 Å². The number of thiazole rings is 1. The van der Waals surface area contributed by atoms with Crippen molar-refractivity contribution in [2.45, 2.75) is 75.4 Å². The minimum atomic E-state index is -5.26. The molecule has 0 saturated heterocycles. The zero-order valence-corrected chi connectivity index (χ0v) is 29.0. The van der Waals surface area contributed by atoms with E-state index in [1.807, 2.05) is 0 Å². The number of carbonyl (C=O) groups excluding carboxylic acids is 7. The quantitative estimate of drug-likeness (QED) is 0.0560. The third-order valence-electron chi connectivity index (χ3n) is 7.21. The van der Waals surface area contributed by atoms with Crippen molar-refractivity contribution >= 4 is 69.7 Å². The maximum absolute atomic E-state index is 13.8. The number of carboxylic acids is 1. The summed E-state index contributed by atoms with van der Waals surface area (Å²) in [6.45, 7) is -1.67. The van der Waals surface area contributed by atoms with Gasteiger partial charge in [0.15, 0.2) is 11.1 Å². The Hall–Kier alpha value is -5.56. The Morgan fingerprint density at radius 2 is 1.61 bits per heavy atom. The fourth-order valence-corrected chi connectivity index (χ4v) is 5.32. The minimum Gasteiger partial charge on any atom is -0.481 e. The molecule has 0 radical (unpaired) electrons. The number of hydrogen-bond acceptors (Lipinski definition) is 11. The normalized spacial score (nSPS) is 19.8. The van der Waals surface area contributed by atoms with Crippen molar-refractivity contribution in [3.05, 3.63) is 11.1 Å². The van der Waals surface area contributed by atoms with Crippen LogP contribution in [0.4, 0.5) is 31.5 Å². The topological polar surface area (TPSA) is 283 Å². The molecule has 0 aromatic carbocycles. The zero-order valence-electron chi connectivity index (χ0n) is 28.2. The van der Waals surface area contributed by atoms with Crippen LogP contribution in [0.1, 0.15) is 44.2 Å². The van der Waals surface area contributed by atoms with E-state index in [-0.39, 0.29) is 49.5 Å². The number of nitrogens with one attached hydrogen (secondary N) is 6. The lowest BCUT2D eigenvalue weighted by Gasteiger charge is -2.31. The van der Waals surface area contributed by atoms with Crippen molar-refractivity contribution in [3.63, 3.8) is 0 Å². The number of unbranched alkanes of at least 4 members (excludes halogenated alkanes) is 1. The highest BCUT2D eigenvalue weighted by atomic mass is 32.1. The van der Waals surface area contributed by atoms with E-state index < -0.39 is 110 Å². The van der Waals surface area contributed by atoms with Crippen molar-refractivity contribution in [2.24, 2.45) is 10.7 Å². The molecule has 2 heterocycles. The van der Waals surface area contributed by atoms with Gasteiger partial charge < -0.3 is 42.3 Å². The number of aliphatic carboxylic acids is 1. The molecule has 2 bridgehead atoms. The lowest BCUT2D eigenvalue weighted by atomic mass is 10.0. The molecule has 300 valence electrons. The lowest BCUT2D eigenvalue weighted by Crippen LogP contribution is -2.56. The monoisotopic (exact) mass is 802 g/mol. The van der Waals surface area contributed by atoms with Crippen LogP contribution < -0.4 is 37.6 Å². The van der Waals surface area contributed by atoms with Gasteiger partial charge >= 0.3 is 30.1 Å². The number of likely N-dealkylation sites (N-methyl/N-ethyl adjacent to an activating group) is 1. The number of amides is 7. The number of nitrogens with zero attached hydrogens (tertiary/aromatic N) is 3. The van der Waals surface area contributed by atoms with E-state index in [0.29, 0.717) is 0 Å². The fourth-order valence-electron chi connectivity index (χ4n) is 4.61. The average molecular weight is 803 g/mol. The standard InChI is InChI=1S/C28H36F6N10O9S/c1-44-16(6-4-8-37-25(35)43-24(53)28(32,33)34)21(50)38-11-18(46)41-15(10-19(47)48)20(49)42-26-39-13(12-54-26)9-17(45)40-14(22(44)51)5-2-3-7-36-23(52)27(29,30)31/h12,14-16H,2-11H2,1H3,(H,36,52)(H,38,50)(H,40,45)(H,41,46)(H,47,48)(H,39,42,49)(H3,35,37,43,53)/t14?,15-,16-/m0/s1. The molecule has 3 atom stereocenters. The smallest absolute Gasteiger partial charge is 0.471 e. The molecule has 26 heteroatoms. The van der Waals surface area contributed by atoms with Crippen LogP contribution in [-0.2, 0) is 44.8 Å². The van der Waals surface area contributed by atoms with E-state index in [9.17, 15) is 69.8 Å². The van der Waals surface area contributed by atoms with E-state index in [1.54, 1.807) is 5.32 Å². The van der Waals surface area contributed by atoms with Crippen molar-refractivity contribution in [1.29, 1.82) is 0 Å². The first-order chi connectivity index (χ1) is 25.1. The van der Waals surface area contributed by atoms with Crippen molar-refractivity contribution < 1.29 is 69.8 Å². The van der Waals surface area contributed by atoms with Gasteiger partial charge in [0, 0.05) is 25.5 Å². The fraction of sp³-hybridized carbons (Fsp3) is 0.571. The Morgan fingerprint density at radius 3 is 2.24 bits per heavy atom. The predicted octanol–water partition coefficient (Wildman–Crippen LogP) is -1.35. The molecule has 1 aromatic rings. The van der Waals surface area contributed by atoms with Gasteiger partial charge in [-0.25, -0.2) is 4.98 Å². The molecule has 1 aromatic heterocycles. The highest BCUT2D eigenvalue weighted by Gasteiger charge is 2.40. The summed E-state index contributed by atoms with van der Waals surface area (Å²) in [7, 11) is 1.13. The van der Waals surface area contributed by atoms with Gasteiger partial charge in [0.05, 0.1) is 25.1 Å². The van der Waals surface area contributed by atoms with E-state index in [0.717, 1.165) is 23.3 Å². The molecular weight excluding hydrogens is 766 g/mol. The Kier molecular flexibility index (Phi) is 16.6.